The fraction of sp³-hybridized carbons (Fsp3) is 0.200. The molecule has 0 aliphatic rings. The highest BCUT2D eigenvalue weighted by Gasteiger charge is 2.03. The molecular weight excluding hydrogens is 194 g/mol. The van der Waals surface area contributed by atoms with Gasteiger partial charge in [-0.2, -0.15) is 4.98 Å². The minimum absolute atomic E-state index is 0.269. The SMILES string of the molecule is Cc1cc(N)ccc1OCc1ncno1. The van der Waals surface area contributed by atoms with Crippen LogP contribution in [0.4, 0.5) is 5.69 Å². The second kappa shape index (κ2) is 4.00. The number of ether oxygens (including phenoxy) is 1. The maximum Gasteiger partial charge on any atom is 0.264 e. The summed E-state index contributed by atoms with van der Waals surface area (Å²) in [6.07, 6.45) is 1.34. The Labute approximate surface area is 86.9 Å². The molecule has 2 rings (SSSR count). The molecule has 1 aromatic carbocycles. The smallest absolute Gasteiger partial charge is 0.264 e. The fourth-order valence-electron chi connectivity index (χ4n) is 1.23. The van der Waals surface area contributed by atoms with Crippen LogP contribution in [0, 0.1) is 6.92 Å². The van der Waals surface area contributed by atoms with Gasteiger partial charge in [0.2, 0.25) is 0 Å². The van der Waals surface area contributed by atoms with Crippen LogP contribution in [0.5, 0.6) is 5.75 Å². The molecule has 5 heteroatoms. The average Bonchev–Trinajstić information content (AvgIpc) is 2.69. The van der Waals surface area contributed by atoms with E-state index in [0.29, 0.717) is 5.89 Å². The Morgan fingerprint density at radius 2 is 2.33 bits per heavy atom. The second-order valence-electron chi connectivity index (χ2n) is 3.15. The summed E-state index contributed by atoms with van der Waals surface area (Å²) in [6.45, 7) is 2.20. The van der Waals surface area contributed by atoms with Crippen molar-refractivity contribution < 1.29 is 9.26 Å². The predicted octanol–water partition coefficient (Wildman–Crippen LogP) is 1.54. The minimum Gasteiger partial charge on any atom is -0.483 e. The van der Waals surface area contributed by atoms with Gasteiger partial charge in [0.05, 0.1) is 0 Å². The zero-order valence-corrected chi connectivity index (χ0v) is 8.30. The molecule has 1 aromatic heterocycles. The third kappa shape index (κ3) is 2.25. The van der Waals surface area contributed by atoms with Gasteiger partial charge in [-0.1, -0.05) is 5.16 Å². The average molecular weight is 205 g/mol. The molecule has 0 spiro atoms. The van der Waals surface area contributed by atoms with E-state index >= 15 is 0 Å². The molecule has 2 N–H and O–H groups in total. The van der Waals surface area contributed by atoms with Gasteiger partial charge < -0.3 is 15.0 Å². The van der Waals surface area contributed by atoms with E-state index in [4.69, 9.17) is 15.0 Å². The minimum atomic E-state index is 0.269. The monoisotopic (exact) mass is 205 g/mol. The zero-order chi connectivity index (χ0) is 10.7. The van der Waals surface area contributed by atoms with Gasteiger partial charge in [-0.15, -0.1) is 0 Å². The summed E-state index contributed by atoms with van der Waals surface area (Å²) >= 11 is 0. The van der Waals surface area contributed by atoms with Crippen LogP contribution in [0.1, 0.15) is 11.5 Å². The van der Waals surface area contributed by atoms with Crippen molar-refractivity contribution in [2.75, 3.05) is 5.73 Å². The van der Waals surface area contributed by atoms with E-state index in [2.05, 4.69) is 10.1 Å². The van der Waals surface area contributed by atoms with Crippen LogP contribution in [0.25, 0.3) is 0 Å². The molecule has 0 amide bonds. The van der Waals surface area contributed by atoms with E-state index < -0.39 is 0 Å². The molecule has 0 saturated heterocycles. The molecule has 0 bridgehead atoms. The molecule has 2 aromatic rings. The third-order valence-corrected chi connectivity index (χ3v) is 1.96. The standard InChI is InChI=1S/C10H11N3O2/c1-7-4-8(11)2-3-9(7)14-5-10-12-6-13-15-10/h2-4,6H,5,11H2,1H3. The topological polar surface area (TPSA) is 74.2 Å². The van der Waals surface area contributed by atoms with Gasteiger partial charge in [-0.3, -0.25) is 0 Å². The van der Waals surface area contributed by atoms with Crippen molar-refractivity contribution >= 4 is 5.69 Å². The van der Waals surface area contributed by atoms with E-state index in [0.717, 1.165) is 17.0 Å². The number of benzene rings is 1. The van der Waals surface area contributed by atoms with Gasteiger partial charge in [-0.05, 0) is 30.7 Å². The van der Waals surface area contributed by atoms with Crippen LogP contribution >= 0.6 is 0 Å². The largest absolute Gasteiger partial charge is 0.483 e. The number of hydrogen-bond donors (Lipinski definition) is 1. The molecule has 0 aliphatic carbocycles. The number of nitrogen functional groups attached to an aromatic ring is 1. The highest BCUT2D eigenvalue weighted by molar-refractivity contribution is 5.47. The van der Waals surface area contributed by atoms with Crippen molar-refractivity contribution in [2.45, 2.75) is 13.5 Å². The maximum absolute atomic E-state index is 5.62. The molecule has 0 unspecified atom stereocenters. The predicted molar refractivity (Wildman–Crippen MR) is 54.2 cm³/mol. The molecule has 78 valence electrons. The van der Waals surface area contributed by atoms with Crippen molar-refractivity contribution in [3.05, 3.63) is 36.0 Å². The van der Waals surface area contributed by atoms with E-state index in [-0.39, 0.29) is 6.61 Å². The second-order valence-corrected chi connectivity index (χ2v) is 3.15. The number of nitrogens with zero attached hydrogens (tertiary/aromatic N) is 2. The Morgan fingerprint density at radius 1 is 1.47 bits per heavy atom. The third-order valence-electron chi connectivity index (χ3n) is 1.96. The van der Waals surface area contributed by atoms with Crippen molar-refractivity contribution in [2.24, 2.45) is 0 Å². The molecule has 0 radical (unpaired) electrons. The lowest BCUT2D eigenvalue weighted by atomic mass is 10.2. The summed E-state index contributed by atoms with van der Waals surface area (Å²) in [6, 6.07) is 5.46. The highest BCUT2D eigenvalue weighted by atomic mass is 16.5. The summed E-state index contributed by atoms with van der Waals surface area (Å²) in [5.74, 6) is 1.22. The fourth-order valence-corrected chi connectivity index (χ4v) is 1.23. The Morgan fingerprint density at radius 3 is 3.00 bits per heavy atom. The van der Waals surface area contributed by atoms with Crippen LogP contribution in [0.3, 0.4) is 0 Å². The Kier molecular flexibility index (Phi) is 2.53. The number of aromatic nitrogens is 2. The molecule has 15 heavy (non-hydrogen) atoms. The number of hydrogen-bond acceptors (Lipinski definition) is 5. The molecule has 0 saturated carbocycles. The number of anilines is 1. The first-order valence-corrected chi connectivity index (χ1v) is 4.50. The molecular formula is C10H11N3O2. The summed E-state index contributed by atoms with van der Waals surface area (Å²) in [5.41, 5.74) is 7.32. The molecule has 0 aliphatic heterocycles. The lowest BCUT2D eigenvalue weighted by Crippen LogP contribution is -1.97. The van der Waals surface area contributed by atoms with Crippen molar-refractivity contribution in [1.29, 1.82) is 0 Å². The Balaban J connectivity index is 2.05. The lowest BCUT2D eigenvalue weighted by molar-refractivity contribution is 0.241. The summed E-state index contributed by atoms with van der Waals surface area (Å²) in [7, 11) is 0. The normalized spacial score (nSPS) is 10.2. The molecule has 5 nitrogen and oxygen atoms in total. The van der Waals surface area contributed by atoms with Crippen LogP contribution in [0.15, 0.2) is 29.0 Å². The highest BCUT2D eigenvalue weighted by Crippen LogP contribution is 2.20. The van der Waals surface area contributed by atoms with E-state index in [9.17, 15) is 0 Å². The van der Waals surface area contributed by atoms with E-state index in [1.807, 2.05) is 19.1 Å². The van der Waals surface area contributed by atoms with Gasteiger partial charge in [0.15, 0.2) is 12.9 Å². The quantitative estimate of drug-likeness (QED) is 0.769. The van der Waals surface area contributed by atoms with E-state index in [1.54, 1.807) is 6.07 Å². The zero-order valence-electron chi connectivity index (χ0n) is 8.30. The van der Waals surface area contributed by atoms with Crippen LogP contribution in [0.2, 0.25) is 0 Å². The number of nitrogens with two attached hydrogens (primary N) is 1. The first-order valence-electron chi connectivity index (χ1n) is 4.50. The Bertz CT molecular complexity index is 440. The van der Waals surface area contributed by atoms with Crippen LogP contribution < -0.4 is 10.5 Å². The summed E-state index contributed by atoms with van der Waals surface area (Å²) in [5, 5.41) is 3.48. The van der Waals surface area contributed by atoms with Gasteiger partial charge >= 0.3 is 0 Å². The van der Waals surface area contributed by atoms with Gasteiger partial charge in [0, 0.05) is 5.69 Å². The van der Waals surface area contributed by atoms with Crippen LogP contribution in [-0.4, -0.2) is 10.1 Å². The maximum atomic E-state index is 5.62. The van der Waals surface area contributed by atoms with Crippen molar-refractivity contribution in [3.63, 3.8) is 0 Å². The first kappa shape index (κ1) is 9.51. The first-order chi connectivity index (χ1) is 7.25. The van der Waals surface area contributed by atoms with Gasteiger partial charge in [0.25, 0.3) is 5.89 Å². The molecule has 1 heterocycles. The number of aryl methyl sites for hydroxylation is 1. The molecule has 0 fully saturated rings. The summed E-state index contributed by atoms with van der Waals surface area (Å²) in [4.78, 5) is 3.85. The number of rotatable bonds is 3. The molecule has 0 atom stereocenters. The van der Waals surface area contributed by atoms with E-state index in [1.165, 1.54) is 6.33 Å². The summed E-state index contributed by atoms with van der Waals surface area (Å²) < 4.78 is 10.3. The van der Waals surface area contributed by atoms with Gasteiger partial charge in [0.1, 0.15) is 5.75 Å². The van der Waals surface area contributed by atoms with Crippen LogP contribution in [-0.2, 0) is 6.61 Å². The van der Waals surface area contributed by atoms with Crippen molar-refractivity contribution in [3.8, 4) is 5.75 Å². The Hall–Kier alpha value is -2.04. The van der Waals surface area contributed by atoms with Gasteiger partial charge in [-0.25, -0.2) is 0 Å². The lowest BCUT2D eigenvalue weighted by Gasteiger charge is -2.06. The van der Waals surface area contributed by atoms with Crippen molar-refractivity contribution in [1.82, 2.24) is 10.1 Å².